The Labute approximate surface area is 126 Å². The van der Waals surface area contributed by atoms with E-state index in [4.69, 9.17) is 5.14 Å². The van der Waals surface area contributed by atoms with E-state index >= 15 is 0 Å². The smallest absolute Gasteiger partial charge is 0.200 e. The first-order valence-electron chi connectivity index (χ1n) is 5.39. The zero-order valence-corrected chi connectivity index (χ0v) is 11.2. The Morgan fingerprint density at radius 3 is 1.00 bits per heavy atom. The van der Waals surface area contributed by atoms with E-state index in [0.717, 1.165) is 0 Å². The van der Waals surface area contributed by atoms with Crippen LogP contribution in [0.15, 0.2) is 4.90 Å². The Morgan fingerprint density at radius 2 is 0.696 bits per heavy atom. The lowest BCUT2D eigenvalue weighted by atomic mass is 10.0. The maximum atomic E-state index is 13.8. The van der Waals surface area contributed by atoms with Crippen LogP contribution in [0.5, 0.6) is 0 Å². The molecule has 0 aromatic heterocycles. The first kappa shape index (κ1) is 17.5. The average molecular weight is 363 g/mol. The van der Waals surface area contributed by atoms with E-state index in [1.165, 1.54) is 0 Å². The summed E-state index contributed by atoms with van der Waals surface area (Å²) in [7, 11) is 0. The van der Waals surface area contributed by atoms with Crippen LogP contribution in [0.2, 0.25) is 0 Å². The van der Waals surface area contributed by atoms with Crippen molar-refractivity contribution in [1.29, 1.82) is 0 Å². The Balaban J connectivity index is 3.01. The second kappa shape index (κ2) is 5.96. The van der Waals surface area contributed by atoms with Crippen molar-refractivity contribution in [2.24, 2.45) is 5.14 Å². The highest BCUT2D eigenvalue weighted by Gasteiger charge is 2.34. The van der Waals surface area contributed by atoms with Gasteiger partial charge in [0.2, 0.25) is 5.82 Å². The minimum Gasteiger partial charge on any atom is -0.273 e. The van der Waals surface area contributed by atoms with Crippen LogP contribution in [0.3, 0.4) is 0 Å². The lowest BCUT2D eigenvalue weighted by Crippen LogP contribution is -2.09. The molecule has 0 fully saturated rings. The van der Waals surface area contributed by atoms with Gasteiger partial charge in [0.05, 0.1) is 11.1 Å². The Hall–Kier alpha value is -1.88. The highest BCUT2D eigenvalue weighted by atomic mass is 32.2. The monoisotopic (exact) mass is 363 g/mol. The number of nitrogens with two attached hydrogens (primary N) is 1. The third-order valence-electron chi connectivity index (χ3n) is 2.80. The van der Waals surface area contributed by atoms with Gasteiger partial charge in [-0.3, -0.25) is 5.14 Å². The predicted molar refractivity (Wildman–Crippen MR) is 61.5 cm³/mol. The number of benzene rings is 2. The quantitative estimate of drug-likeness (QED) is 0.366. The fourth-order valence-electron chi connectivity index (χ4n) is 1.76. The summed E-state index contributed by atoms with van der Waals surface area (Å²) in [4.78, 5) is -1.37. The van der Waals surface area contributed by atoms with E-state index in [1.54, 1.807) is 0 Å². The van der Waals surface area contributed by atoms with Crippen molar-refractivity contribution in [3.05, 3.63) is 52.4 Å². The Morgan fingerprint density at radius 1 is 0.435 bits per heavy atom. The molecule has 11 heteroatoms. The van der Waals surface area contributed by atoms with E-state index in [9.17, 15) is 39.5 Å². The van der Waals surface area contributed by atoms with Crippen LogP contribution in [0, 0.1) is 52.4 Å². The molecule has 0 bridgehead atoms. The molecule has 0 spiro atoms. The van der Waals surface area contributed by atoms with Crippen molar-refractivity contribution < 1.29 is 39.5 Å². The zero-order valence-electron chi connectivity index (χ0n) is 10.4. The maximum Gasteiger partial charge on any atom is 0.200 e. The molecule has 124 valence electrons. The summed E-state index contributed by atoms with van der Waals surface area (Å²) in [6.45, 7) is 0. The van der Waals surface area contributed by atoms with Crippen molar-refractivity contribution in [3.63, 3.8) is 0 Å². The second-order valence-corrected chi connectivity index (χ2v) is 4.67. The molecule has 0 radical (unpaired) electrons. The maximum absolute atomic E-state index is 13.8. The molecule has 0 aliphatic heterocycles. The van der Waals surface area contributed by atoms with E-state index in [1.807, 2.05) is 0 Å². The third-order valence-corrected chi connectivity index (χ3v) is 3.39. The predicted octanol–water partition coefficient (Wildman–Crippen LogP) is 4.57. The minimum atomic E-state index is -2.62. The zero-order chi connectivity index (χ0) is 17.6. The van der Waals surface area contributed by atoms with Crippen LogP contribution < -0.4 is 5.14 Å². The highest BCUT2D eigenvalue weighted by Crippen LogP contribution is 2.39. The van der Waals surface area contributed by atoms with Crippen molar-refractivity contribution in [3.8, 4) is 11.1 Å². The lowest BCUT2D eigenvalue weighted by molar-refractivity contribution is 0.378. The molecule has 0 aliphatic rings. The summed E-state index contributed by atoms with van der Waals surface area (Å²) < 4.78 is 121. The Kier molecular flexibility index (Phi) is 4.53. The first-order valence-corrected chi connectivity index (χ1v) is 6.27. The molecule has 0 amide bonds. The van der Waals surface area contributed by atoms with Gasteiger partial charge in [-0.1, -0.05) is 0 Å². The molecule has 23 heavy (non-hydrogen) atoms. The van der Waals surface area contributed by atoms with E-state index < -0.39 is 68.4 Å². The highest BCUT2D eigenvalue weighted by molar-refractivity contribution is 7.97. The molecule has 0 unspecified atom stereocenters. The van der Waals surface area contributed by atoms with Gasteiger partial charge < -0.3 is 0 Å². The minimum absolute atomic E-state index is 0.254. The Bertz CT molecular complexity index is 763. The normalized spacial score (nSPS) is 11.2. The lowest BCUT2D eigenvalue weighted by Gasteiger charge is -2.13. The molecular weight excluding hydrogens is 361 g/mol. The van der Waals surface area contributed by atoms with Gasteiger partial charge in [0, 0.05) is 0 Å². The summed E-state index contributed by atoms with van der Waals surface area (Å²) in [5.41, 5.74) is -4.21. The molecule has 2 rings (SSSR count). The van der Waals surface area contributed by atoms with Crippen molar-refractivity contribution in [2.45, 2.75) is 4.90 Å². The molecule has 0 saturated heterocycles. The number of hydrogen-bond acceptors (Lipinski definition) is 2. The van der Waals surface area contributed by atoms with Gasteiger partial charge in [-0.05, 0) is 11.9 Å². The summed E-state index contributed by atoms with van der Waals surface area (Å²) >= 11 is -0.254. The SMILES string of the molecule is NSc1c(F)c(F)c(-c2c(F)c(F)c(F)c(F)c2F)c(F)c1F. The molecule has 2 aromatic carbocycles. The molecule has 0 atom stereocenters. The van der Waals surface area contributed by atoms with E-state index in [-0.39, 0.29) is 11.9 Å². The van der Waals surface area contributed by atoms with Gasteiger partial charge >= 0.3 is 0 Å². The molecule has 0 saturated carbocycles. The summed E-state index contributed by atoms with van der Waals surface area (Å²) in [5, 5.41) is 4.79. The fourth-order valence-corrected chi connectivity index (χ4v) is 2.15. The summed E-state index contributed by atoms with van der Waals surface area (Å²) in [6, 6.07) is 0. The van der Waals surface area contributed by atoms with Gasteiger partial charge in [-0.15, -0.1) is 0 Å². The van der Waals surface area contributed by atoms with Crippen molar-refractivity contribution in [2.75, 3.05) is 0 Å². The van der Waals surface area contributed by atoms with Crippen LogP contribution in [0.4, 0.5) is 39.5 Å². The van der Waals surface area contributed by atoms with Crippen LogP contribution in [-0.4, -0.2) is 0 Å². The standard InChI is InChI=1S/C12H2F9NS/c13-3-1(4(14)8(18)9(19)7(3)17)2-5(15)10(20)12(23-22)11(21)6(2)16/h22H2. The van der Waals surface area contributed by atoms with Crippen molar-refractivity contribution >= 4 is 11.9 Å². The van der Waals surface area contributed by atoms with Gasteiger partial charge in [-0.2, -0.15) is 0 Å². The molecular formula is C12H2F9NS. The van der Waals surface area contributed by atoms with Gasteiger partial charge in [0.15, 0.2) is 46.5 Å². The van der Waals surface area contributed by atoms with Gasteiger partial charge in [-0.25, -0.2) is 39.5 Å². The molecule has 2 aromatic rings. The van der Waals surface area contributed by atoms with Crippen LogP contribution in [-0.2, 0) is 0 Å². The third kappa shape index (κ3) is 2.43. The average Bonchev–Trinajstić information content (AvgIpc) is 2.53. The number of halogens is 9. The van der Waals surface area contributed by atoms with Crippen LogP contribution >= 0.6 is 11.9 Å². The van der Waals surface area contributed by atoms with Crippen LogP contribution in [0.25, 0.3) is 11.1 Å². The van der Waals surface area contributed by atoms with E-state index in [0.29, 0.717) is 0 Å². The van der Waals surface area contributed by atoms with Crippen molar-refractivity contribution in [1.82, 2.24) is 0 Å². The molecule has 0 aliphatic carbocycles. The number of rotatable bonds is 2. The van der Waals surface area contributed by atoms with E-state index in [2.05, 4.69) is 0 Å². The summed E-state index contributed by atoms with van der Waals surface area (Å²) in [5.74, 6) is -22.0. The largest absolute Gasteiger partial charge is 0.273 e. The van der Waals surface area contributed by atoms with Gasteiger partial charge in [0.1, 0.15) is 4.90 Å². The van der Waals surface area contributed by atoms with Crippen LogP contribution in [0.1, 0.15) is 0 Å². The molecule has 2 N–H and O–H groups in total. The van der Waals surface area contributed by atoms with Gasteiger partial charge in [0.25, 0.3) is 0 Å². The topological polar surface area (TPSA) is 26.0 Å². The fraction of sp³-hybridized carbons (Fsp3) is 0. The first-order chi connectivity index (χ1) is 10.6. The summed E-state index contributed by atoms with van der Waals surface area (Å²) in [6.07, 6.45) is 0. The molecule has 1 nitrogen and oxygen atoms in total. The second-order valence-electron chi connectivity index (χ2n) is 4.02. The molecule has 0 heterocycles. The number of hydrogen-bond donors (Lipinski definition) is 1.